The van der Waals surface area contributed by atoms with Crippen molar-refractivity contribution >= 4 is 11.6 Å². The third kappa shape index (κ3) is 2.15. The summed E-state index contributed by atoms with van der Waals surface area (Å²) in [5.41, 5.74) is 6.11. The number of aromatic nitrogens is 1. The first-order valence-electron chi connectivity index (χ1n) is 5.89. The van der Waals surface area contributed by atoms with Crippen LogP contribution in [0.5, 0.6) is 0 Å². The van der Waals surface area contributed by atoms with E-state index >= 15 is 0 Å². The fourth-order valence-corrected chi connectivity index (χ4v) is 2.40. The number of aryl methyl sites for hydroxylation is 1. The van der Waals surface area contributed by atoms with Crippen molar-refractivity contribution in [3.8, 4) is 0 Å². The Morgan fingerprint density at radius 1 is 1.59 bits per heavy atom. The van der Waals surface area contributed by atoms with Crippen LogP contribution in [0.3, 0.4) is 0 Å². The number of nitrogens with two attached hydrogens (primary N) is 1. The van der Waals surface area contributed by atoms with Crippen LogP contribution < -0.4 is 5.73 Å². The van der Waals surface area contributed by atoms with Crippen LogP contribution in [0.1, 0.15) is 30.3 Å². The highest BCUT2D eigenvalue weighted by atomic mass is 16.3. The minimum Gasteiger partial charge on any atom is -0.397 e. The van der Waals surface area contributed by atoms with Gasteiger partial charge in [-0.3, -0.25) is 4.79 Å². The second kappa shape index (κ2) is 4.07. The lowest BCUT2D eigenvalue weighted by atomic mass is 9.89. The van der Waals surface area contributed by atoms with Crippen molar-refractivity contribution in [2.45, 2.75) is 25.4 Å². The molecule has 1 amide bonds. The molecule has 0 spiro atoms. The zero-order valence-electron chi connectivity index (χ0n) is 10.3. The summed E-state index contributed by atoms with van der Waals surface area (Å²) in [6.07, 6.45) is 3.38. The Balaban J connectivity index is 2.02. The van der Waals surface area contributed by atoms with E-state index in [9.17, 15) is 9.90 Å². The zero-order chi connectivity index (χ0) is 12.6. The molecule has 0 bridgehead atoms. The number of carbonyl (C=O) groups excluding carboxylic acids is 1. The fraction of sp³-hybridized carbons (Fsp3) is 0.583. The Bertz CT molecular complexity index is 433. The lowest BCUT2D eigenvalue weighted by Crippen LogP contribution is -2.63. The van der Waals surface area contributed by atoms with Crippen molar-refractivity contribution in [2.75, 3.05) is 18.8 Å². The Labute approximate surface area is 101 Å². The number of anilines is 1. The molecular formula is C12H19N3O2. The molecule has 2 heterocycles. The van der Waals surface area contributed by atoms with Gasteiger partial charge < -0.3 is 20.3 Å². The van der Waals surface area contributed by atoms with E-state index in [4.69, 9.17) is 5.73 Å². The first-order valence-corrected chi connectivity index (χ1v) is 5.89. The van der Waals surface area contributed by atoms with Crippen molar-refractivity contribution in [2.24, 2.45) is 7.05 Å². The number of hydrogen-bond donors (Lipinski definition) is 2. The van der Waals surface area contributed by atoms with E-state index in [1.165, 1.54) is 0 Å². The largest absolute Gasteiger partial charge is 0.397 e. The molecule has 1 aliphatic heterocycles. The maximum absolute atomic E-state index is 12.1. The van der Waals surface area contributed by atoms with E-state index in [-0.39, 0.29) is 5.91 Å². The summed E-state index contributed by atoms with van der Waals surface area (Å²) in [4.78, 5) is 13.7. The summed E-state index contributed by atoms with van der Waals surface area (Å²) < 4.78 is 1.72. The molecule has 1 aromatic rings. The van der Waals surface area contributed by atoms with Gasteiger partial charge in [0.15, 0.2) is 0 Å². The summed E-state index contributed by atoms with van der Waals surface area (Å²) in [5.74, 6) is -0.0648. The van der Waals surface area contributed by atoms with Gasteiger partial charge in [0, 0.05) is 13.2 Å². The summed E-state index contributed by atoms with van der Waals surface area (Å²) >= 11 is 0. The molecule has 0 unspecified atom stereocenters. The molecule has 1 saturated heterocycles. The molecule has 1 aliphatic rings. The minimum atomic E-state index is -0.679. The maximum atomic E-state index is 12.1. The van der Waals surface area contributed by atoms with Crippen molar-refractivity contribution in [1.82, 2.24) is 9.47 Å². The first kappa shape index (κ1) is 12.0. The lowest BCUT2D eigenvalue weighted by Gasteiger charge is -2.46. The zero-order valence-corrected chi connectivity index (χ0v) is 10.3. The van der Waals surface area contributed by atoms with Crippen LogP contribution in [-0.2, 0) is 7.05 Å². The smallest absolute Gasteiger partial charge is 0.270 e. The molecule has 1 fully saturated rings. The monoisotopic (exact) mass is 237 g/mol. The normalized spacial score (nSPS) is 17.9. The molecule has 5 nitrogen and oxygen atoms in total. The summed E-state index contributed by atoms with van der Waals surface area (Å²) in [5, 5.41) is 10.0. The van der Waals surface area contributed by atoms with Crippen molar-refractivity contribution < 1.29 is 9.90 Å². The van der Waals surface area contributed by atoms with E-state index in [1.807, 2.05) is 6.92 Å². The van der Waals surface area contributed by atoms with Gasteiger partial charge in [0.05, 0.1) is 24.4 Å². The summed E-state index contributed by atoms with van der Waals surface area (Å²) in [6, 6.07) is 1.67. The van der Waals surface area contributed by atoms with E-state index in [2.05, 4.69) is 0 Å². The number of aliphatic hydroxyl groups is 1. The second-order valence-corrected chi connectivity index (χ2v) is 4.91. The molecule has 1 aromatic heterocycles. The predicted molar refractivity (Wildman–Crippen MR) is 65.6 cm³/mol. The molecule has 3 N–H and O–H groups in total. The number of hydrogen-bond acceptors (Lipinski definition) is 3. The molecule has 17 heavy (non-hydrogen) atoms. The van der Waals surface area contributed by atoms with Crippen LogP contribution in [0.2, 0.25) is 0 Å². The molecule has 0 aromatic carbocycles. The summed E-state index contributed by atoms with van der Waals surface area (Å²) in [6.45, 7) is 2.87. The van der Waals surface area contributed by atoms with Crippen molar-refractivity contribution in [3.05, 3.63) is 18.0 Å². The van der Waals surface area contributed by atoms with Crippen LogP contribution in [-0.4, -0.2) is 39.2 Å². The van der Waals surface area contributed by atoms with Crippen LogP contribution in [0.15, 0.2) is 12.3 Å². The Kier molecular flexibility index (Phi) is 2.87. The van der Waals surface area contributed by atoms with Gasteiger partial charge in [-0.2, -0.15) is 0 Å². The Hall–Kier alpha value is -1.49. The van der Waals surface area contributed by atoms with E-state index in [0.29, 0.717) is 24.5 Å². The molecule has 0 saturated carbocycles. The number of β-amino-alcohol motifs (C(OH)–C–C–N with tert-alkyl or cyclic N) is 1. The van der Waals surface area contributed by atoms with E-state index in [0.717, 1.165) is 12.8 Å². The number of rotatable bonds is 3. The van der Waals surface area contributed by atoms with Gasteiger partial charge in [-0.1, -0.05) is 13.3 Å². The van der Waals surface area contributed by atoms with Gasteiger partial charge in [0.25, 0.3) is 5.91 Å². The topological polar surface area (TPSA) is 71.5 Å². The molecule has 0 atom stereocenters. The quantitative estimate of drug-likeness (QED) is 0.808. The van der Waals surface area contributed by atoms with Crippen LogP contribution in [0.4, 0.5) is 5.69 Å². The van der Waals surface area contributed by atoms with Crippen molar-refractivity contribution in [1.29, 1.82) is 0 Å². The maximum Gasteiger partial charge on any atom is 0.270 e. The predicted octanol–water partition coefficient (Wildman–Crippen LogP) is 0.594. The number of nitrogens with zero attached hydrogens (tertiary/aromatic N) is 2. The van der Waals surface area contributed by atoms with E-state index in [1.54, 1.807) is 28.8 Å². The number of likely N-dealkylation sites (tertiary alicyclic amines) is 1. The number of amides is 1. The van der Waals surface area contributed by atoms with Gasteiger partial charge in [-0.15, -0.1) is 0 Å². The van der Waals surface area contributed by atoms with Gasteiger partial charge in [-0.25, -0.2) is 0 Å². The first-order chi connectivity index (χ1) is 7.95. The highest BCUT2D eigenvalue weighted by Gasteiger charge is 2.43. The molecule has 2 rings (SSSR count). The van der Waals surface area contributed by atoms with Gasteiger partial charge in [-0.05, 0) is 12.5 Å². The van der Waals surface area contributed by atoms with Crippen molar-refractivity contribution in [3.63, 3.8) is 0 Å². The van der Waals surface area contributed by atoms with Crippen LogP contribution in [0.25, 0.3) is 0 Å². The Morgan fingerprint density at radius 3 is 2.71 bits per heavy atom. The minimum absolute atomic E-state index is 0.0648. The van der Waals surface area contributed by atoms with Gasteiger partial charge in [0.1, 0.15) is 5.69 Å². The third-order valence-electron chi connectivity index (χ3n) is 3.22. The molecule has 94 valence electrons. The van der Waals surface area contributed by atoms with Crippen LogP contribution in [0, 0.1) is 0 Å². The summed E-state index contributed by atoms with van der Waals surface area (Å²) in [7, 11) is 1.79. The highest BCUT2D eigenvalue weighted by molar-refractivity contribution is 5.94. The second-order valence-electron chi connectivity index (χ2n) is 4.91. The molecule has 0 aliphatic carbocycles. The van der Waals surface area contributed by atoms with E-state index < -0.39 is 5.60 Å². The fourth-order valence-electron chi connectivity index (χ4n) is 2.40. The number of nitrogen functional groups attached to an aromatic ring is 1. The standard InChI is InChI=1S/C12H19N3O2/c1-3-4-12(17)7-15(8-12)11(16)10-5-9(13)6-14(10)2/h5-6,17H,3-4,7-8,13H2,1-2H3. The lowest BCUT2D eigenvalue weighted by molar-refractivity contribution is -0.0862. The van der Waals surface area contributed by atoms with Crippen LogP contribution >= 0.6 is 0 Å². The average Bonchev–Trinajstić information content (AvgIpc) is 2.53. The SMILES string of the molecule is CCCC1(O)CN(C(=O)c2cc(N)cn2C)C1. The molecular weight excluding hydrogens is 218 g/mol. The average molecular weight is 237 g/mol. The number of carbonyl (C=O) groups is 1. The highest BCUT2D eigenvalue weighted by Crippen LogP contribution is 2.27. The molecule has 5 heteroatoms. The third-order valence-corrected chi connectivity index (χ3v) is 3.22. The van der Waals surface area contributed by atoms with Gasteiger partial charge >= 0.3 is 0 Å². The molecule has 0 radical (unpaired) electrons. The Morgan fingerprint density at radius 2 is 2.24 bits per heavy atom. The van der Waals surface area contributed by atoms with Gasteiger partial charge in [0.2, 0.25) is 0 Å².